The minimum atomic E-state index is -0.0692. The summed E-state index contributed by atoms with van der Waals surface area (Å²) in [5.41, 5.74) is 5.36. The van der Waals surface area contributed by atoms with E-state index in [2.05, 4.69) is 22.8 Å². The van der Waals surface area contributed by atoms with E-state index < -0.39 is 0 Å². The number of aliphatic hydroxyl groups is 1. The van der Waals surface area contributed by atoms with Gasteiger partial charge in [0.2, 0.25) is 0 Å². The normalized spacial score (nSPS) is 23.9. The highest BCUT2D eigenvalue weighted by Crippen LogP contribution is 2.20. The van der Waals surface area contributed by atoms with Crippen molar-refractivity contribution >= 4 is 11.3 Å². The van der Waals surface area contributed by atoms with E-state index in [-0.39, 0.29) is 18.8 Å². The van der Waals surface area contributed by atoms with Crippen LogP contribution in [0.25, 0.3) is 0 Å². The molecule has 1 aliphatic rings. The lowest BCUT2D eigenvalue weighted by Gasteiger charge is -2.35. The molecule has 5 heteroatoms. The van der Waals surface area contributed by atoms with Gasteiger partial charge in [-0.2, -0.15) is 0 Å². The molecule has 2 atom stereocenters. The standard InChI is InChI=1S/C14H20N2O2S/c1-11-7-16(8-12(10-17)18-11)9-14-5-4-13(19-14)3-2-6-15/h4-5,11-12,17H,6-10,15H2,1H3. The number of rotatable bonds is 3. The van der Waals surface area contributed by atoms with E-state index in [4.69, 9.17) is 10.5 Å². The molecule has 3 N–H and O–H groups in total. The third-order valence-electron chi connectivity index (χ3n) is 2.96. The van der Waals surface area contributed by atoms with Crippen LogP contribution in [0.15, 0.2) is 12.1 Å². The van der Waals surface area contributed by atoms with Gasteiger partial charge in [-0.25, -0.2) is 0 Å². The molecule has 1 aromatic rings. The number of thiophene rings is 1. The Balaban J connectivity index is 1.94. The molecule has 2 heterocycles. The molecule has 1 aliphatic heterocycles. The maximum atomic E-state index is 9.21. The average Bonchev–Trinajstić information content (AvgIpc) is 2.83. The van der Waals surface area contributed by atoms with Gasteiger partial charge in [0.15, 0.2) is 0 Å². The second-order valence-corrected chi connectivity index (χ2v) is 5.89. The Kier molecular flexibility index (Phi) is 5.37. The predicted octanol–water partition coefficient (Wildman–Crippen LogP) is 0.640. The molecule has 1 aromatic heterocycles. The molecule has 2 unspecified atom stereocenters. The van der Waals surface area contributed by atoms with Crippen LogP contribution < -0.4 is 5.73 Å². The maximum Gasteiger partial charge on any atom is 0.0936 e. The second-order valence-electron chi connectivity index (χ2n) is 4.72. The Bertz CT molecular complexity index is 464. The number of aliphatic hydroxyl groups excluding tert-OH is 1. The molecular formula is C14H20N2O2S. The summed E-state index contributed by atoms with van der Waals surface area (Å²) in [4.78, 5) is 4.66. The number of nitrogens with two attached hydrogens (primary N) is 1. The van der Waals surface area contributed by atoms with Gasteiger partial charge in [-0.15, -0.1) is 11.3 Å². The Hall–Kier alpha value is -0.900. The van der Waals surface area contributed by atoms with E-state index in [9.17, 15) is 5.11 Å². The quantitative estimate of drug-likeness (QED) is 0.798. The lowest BCUT2D eigenvalue weighted by molar-refractivity contribution is -0.0970. The number of ether oxygens (including phenoxy) is 1. The van der Waals surface area contributed by atoms with Crippen molar-refractivity contribution in [3.63, 3.8) is 0 Å². The minimum Gasteiger partial charge on any atom is -0.394 e. The molecule has 0 saturated carbocycles. The summed E-state index contributed by atoms with van der Waals surface area (Å²) in [6.07, 6.45) is 0.0996. The van der Waals surface area contributed by atoms with Crippen molar-refractivity contribution < 1.29 is 9.84 Å². The third kappa shape index (κ3) is 4.30. The van der Waals surface area contributed by atoms with E-state index in [1.807, 2.05) is 13.0 Å². The maximum absolute atomic E-state index is 9.21. The molecule has 0 bridgehead atoms. The fourth-order valence-electron chi connectivity index (χ4n) is 2.26. The van der Waals surface area contributed by atoms with Crippen molar-refractivity contribution in [2.75, 3.05) is 26.2 Å². The summed E-state index contributed by atoms with van der Waals surface area (Å²) < 4.78 is 5.64. The van der Waals surface area contributed by atoms with Crippen LogP contribution >= 0.6 is 11.3 Å². The molecule has 4 nitrogen and oxygen atoms in total. The average molecular weight is 280 g/mol. The van der Waals surface area contributed by atoms with Gasteiger partial charge in [-0.3, -0.25) is 4.90 Å². The summed E-state index contributed by atoms with van der Waals surface area (Å²) >= 11 is 1.70. The molecule has 0 radical (unpaired) electrons. The lowest BCUT2D eigenvalue weighted by atomic mass is 10.2. The van der Waals surface area contributed by atoms with Crippen LogP contribution in [0.4, 0.5) is 0 Å². The van der Waals surface area contributed by atoms with Crippen molar-refractivity contribution in [1.82, 2.24) is 4.90 Å². The number of hydrogen-bond acceptors (Lipinski definition) is 5. The largest absolute Gasteiger partial charge is 0.394 e. The molecule has 19 heavy (non-hydrogen) atoms. The third-order valence-corrected chi connectivity index (χ3v) is 3.95. The van der Waals surface area contributed by atoms with Gasteiger partial charge in [0.1, 0.15) is 0 Å². The molecule has 0 aliphatic carbocycles. The summed E-state index contributed by atoms with van der Waals surface area (Å²) in [6.45, 7) is 5.09. The molecule has 0 amide bonds. The highest BCUT2D eigenvalue weighted by molar-refractivity contribution is 7.12. The summed E-state index contributed by atoms with van der Waals surface area (Å²) in [6, 6.07) is 4.15. The Morgan fingerprint density at radius 3 is 3.11 bits per heavy atom. The van der Waals surface area contributed by atoms with Gasteiger partial charge in [0.05, 0.1) is 30.2 Å². The number of nitrogens with zero attached hydrogens (tertiary/aromatic N) is 1. The van der Waals surface area contributed by atoms with E-state index in [1.165, 1.54) is 4.88 Å². The van der Waals surface area contributed by atoms with Gasteiger partial charge in [0.25, 0.3) is 0 Å². The summed E-state index contributed by atoms with van der Waals surface area (Å²) in [7, 11) is 0. The number of morpholine rings is 1. The molecule has 1 saturated heterocycles. The van der Waals surface area contributed by atoms with Crippen LogP contribution in [0.3, 0.4) is 0 Å². The van der Waals surface area contributed by atoms with E-state index in [1.54, 1.807) is 11.3 Å². The number of hydrogen-bond donors (Lipinski definition) is 2. The van der Waals surface area contributed by atoms with Crippen LogP contribution in [0.2, 0.25) is 0 Å². The van der Waals surface area contributed by atoms with Gasteiger partial charge in [-0.1, -0.05) is 11.8 Å². The van der Waals surface area contributed by atoms with Crippen LogP contribution in [-0.4, -0.2) is 48.5 Å². The molecule has 2 rings (SSSR count). The zero-order valence-corrected chi connectivity index (χ0v) is 11.9. The van der Waals surface area contributed by atoms with Gasteiger partial charge < -0.3 is 15.6 Å². The minimum absolute atomic E-state index is 0.0692. The SMILES string of the molecule is CC1CN(Cc2ccc(C#CCN)s2)CC(CO)O1. The predicted molar refractivity (Wildman–Crippen MR) is 76.9 cm³/mol. The van der Waals surface area contributed by atoms with Crippen LogP contribution in [0, 0.1) is 11.8 Å². The molecule has 1 fully saturated rings. The molecule has 0 spiro atoms. The molecule has 0 aromatic carbocycles. The molecular weight excluding hydrogens is 260 g/mol. The van der Waals surface area contributed by atoms with Crippen molar-refractivity contribution in [3.8, 4) is 11.8 Å². The van der Waals surface area contributed by atoms with Crippen molar-refractivity contribution in [3.05, 3.63) is 21.9 Å². The Morgan fingerprint density at radius 1 is 1.53 bits per heavy atom. The van der Waals surface area contributed by atoms with Crippen molar-refractivity contribution in [2.45, 2.75) is 25.7 Å². The highest BCUT2D eigenvalue weighted by Gasteiger charge is 2.24. The first-order chi connectivity index (χ1) is 9.21. The summed E-state index contributed by atoms with van der Waals surface area (Å²) in [5, 5.41) is 9.21. The van der Waals surface area contributed by atoms with Gasteiger partial charge >= 0.3 is 0 Å². The zero-order chi connectivity index (χ0) is 13.7. The Morgan fingerprint density at radius 2 is 2.37 bits per heavy atom. The second kappa shape index (κ2) is 7.04. The summed E-state index contributed by atoms with van der Waals surface area (Å²) in [5.74, 6) is 5.92. The van der Waals surface area contributed by atoms with Crippen LogP contribution in [0.5, 0.6) is 0 Å². The monoisotopic (exact) mass is 280 g/mol. The van der Waals surface area contributed by atoms with Crippen LogP contribution in [-0.2, 0) is 11.3 Å². The zero-order valence-electron chi connectivity index (χ0n) is 11.1. The van der Waals surface area contributed by atoms with Gasteiger partial charge in [0, 0.05) is 24.5 Å². The topological polar surface area (TPSA) is 58.7 Å². The molecule has 104 valence electrons. The fraction of sp³-hybridized carbons (Fsp3) is 0.571. The smallest absolute Gasteiger partial charge is 0.0936 e. The first-order valence-corrected chi connectivity index (χ1v) is 7.29. The van der Waals surface area contributed by atoms with Crippen molar-refractivity contribution in [2.24, 2.45) is 5.73 Å². The Labute approximate surface area is 118 Å². The van der Waals surface area contributed by atoms with Gasteiger partial charge in [-0.05, 0) is 19.1 Å². The van der Waals surface area contributed by atoms with E-state index >= 15 is 0 Å². The van der Waals surface area contributed by atoms with Crippen LogP contribution in [0.1, 0.15) is 16.7 Å². The van der Waals surface area contributed by atoms with E-state index in [0.717, 1.165) is 24.5 Å². The highest BCUT2D eigenvalue weighted by atomic mass is 32.1. The van der Waals surface area contributed by atoms with Crippen molar-refractivity contribution in [1.29, 1.82) is 0 Å². The first kappa shape index (κ1) is 14.5. The first-order valence-electron chi connectivity index (χ1n) is 6.47. The lowest BCUT2D eigenvalue weighted by Crippen LogP contribution is -2.47. The fourth-order valence-corrected chi connectivity index (χ4v) is 3.18. The van der Waals surface area contributed by atoms with E-state index in [0.29, 0.717) is 6.54 Å².